The highest BCUT2D eigenvalue weighted by molar-refractivity contribution is 9.10. The summed E-state index contributed by atoms with van der Waals surface area (Å²) in [6.07, 6.45) is 0. The van der Waals surface area contributed by atoms with Gasteiger partial charge in [-0.05, 0) is 30.3 Å². The molecule has 2 N–H and O–H groups in total. The monoisotopic (exact) mass is 357 g/mol. The lowest BCUT2D eigenvalue weighted by molar-refractivity contribution is 0.0473. The molecule has 0 aliphatic heterocycles. The zero-order valence-electron chi connectivity index (χ0n) is 10.2. The van der Waals surface area contributed by atoms with Crippen LogP contribution in [0.15, 0.2) is 40.9 Å². The Morgan fingerprint density at radius 1 is 1.35 bits per heavy atom. The summed E-state index contributed by atoms with van der Waals surface area (Å²) in [6, 6.07) is 8.85. The number of hydrogen-bond acceptors (Lipinski definition) is 3. The van der Waals surface area contributed by atoms with Crippen molar-refractivity contribution in [1.29, 1.82) is 0 Å². The number of nitrogen functional groups attached to an aromatic ring is 1. The molecule has 0 atom stereocenters. The number of nitrogens with two attached hydrogens (primary N) is 1. The average Bonchev–Trinajstić information content (AvgIpc) is 2.42. The van der Waals surface area contributed by atoms with Gasteiger partial charge in [0.25, 0.3) is 0 Å². The van der Waals surface area contributed by atoms with Crippen LogP contribution in [-0.2, 0) is 11.3 Å². The van der Waals surface area contributed by atoms with Gasteiger partial charge in [0, 0.05) is 10.0 Å². The molecule has 0 aliphatic carbocycles. The van der Waals surface area contributed by atoms with Crippen molar-refractivity contribution in [1.82, 2.24) is 0 Å². The van der Waals surface area contributed by atoms with Gasteiger partial charge >= 0.3 is 5.97 Å². The first-order chi connectivity index (χ1) is 9.49. The number of para-hydroxylation sites is 1. The molecule has 0 unspecified atom stereocenters. The lowest BCUT2D eigenvalue weighted by atomic mass is 10.2. The Morgan fingerprint density at radius 2 is 2.10 bits per heavy atom. The number of rotatable bonds is 3. The van der Waals surface area contributed by atoms with E-state index in [1.165, 1.54) is 18.2 Å². The Bertz CT molecular complexity index is 664. The van der Waals surface area contributed by atoms with Gasteiger partial charge in [0.2, 0.25) is 0 Å². The van der Waals surface area contributed by atoms with Crippen LogP contribution in [0.25, 0.3) is 0 Å². The van der Waals surface area contributed by atoms with Gasteiger partial charge in [-0.15, -0.1) is 0 Å². The standard InChI is InChI=1S/C14H10BrClFNO2/c15-11-5-4-9(17)6-8(11)7-20-14(19)10-2-1-3-12(16)13(10)18/h1-6H,7,18H2. The van der Waals surface area contributed by atoms with Crippen LogP contribution in [-0.4, -0.2) is 5.97 Å². The Labute approximate surface area is 128 Å². The molecule has 0 radical (unpaired) electrons. The maximum Gasteiger partial charge on any atom is 0.340 e. The van der Waals surface area contributed by atoms with Crippen LogP contribution in [0.4, 0.5) is 10.1 Å². The maximum absolute atomic E-state index is 13.1. The molecule has 20 heavy (non-hydrogen) atoms. The number of ether oxygens (including phenoxy) is 1. The van der Waals surface area contributed by atoms with Gasteiger partial charge in [-0.2, -0.15) is 0 Å². The normalized spacial score (nSPS) is 10.3. The van der Waals surface area contributed by atoms with Crippen LogP contribution in [0.1, 0.15) is 15.9 Å². The van der Waals surface area contributed by atoms with Crippen LogP contribution >= 0.6 is 27.5 Å². The van der Waals surface area contributed by atoms with E-state index in [1.807, 2.05) is 0 Å². The molecule has 0 aliphatic rings. The summed E-state index contributed by atoms with van der Waals surface area (Å²) in [6.45, 7) is -0.0663. The van der Waals surface area contributed by atoms with Crippen LogP contribution in [0, 0.1) is 5.82 Å². The van der Waals surface area contributed by atoms with Crippen LogP contribution in [0.5, 0.6) is 0 Å². The van der Waals surface area contributed by atoms with Crippen molar-refractivity contribution in [3.05, 3.63) is 62.8 Å². The Hall–Kier alpha value is -1.59. The van der Waals surface area contributed by atoms with Gasteiger partial charge in [0.1, 0.15) is 12.4 Å². The van der Waals surface area contributed by atoms with Crippen molar-refractivity contribution in [2.45, 2.75) is 6.61 Å². The highest BCUT2D eigenvalue weighted by Gasteiger charge is 2.14. The fraction of sp³-hybridized carbons (Fsp3) is 0.0714. The number of hydrogen-bond donors (Lipinski definition) is 1. The van der Waals surface area contributed by atoms with Gasteiger partial charge in [-0.25, -0.2) is 9.18 Å². The highest BCUT2D eigenvalue weighted by Crippen LogP contribution is 2.24. The lowest BCUT2D eigenvalue weighted by Crippen LogP contribution is -2.09. The zero-order valence-corrected chi connectivity index (χ0v) is 12.5. The molecule has 0 saturated heterocycles. The maximum atomic E-state index is 13.1. The van der Waals surface area contributed by atoms with Crippen molar-refractivity contribution in [3.8, 4) is 0 Å². The van der Waals surface area contributed by atoms with Crippen LogP contribution in [0.3, 0.4) is 0 Å². The number of anilines is 1. The first-order valence-corrected chi connectivity index (χ1v) is 6.81. The molecule has 0 spiro atoms. The predicted molar refractivity (Wildman–Crippen MR) is 79.1 cm³/mol. The van der Waals surface area contributed by atoms with Gasteiger partial charge in [-0.1, -0.05) is 33.6 Å². The predicted octanol–water partition coefficient (Wildman–Crippen LogP) is 4.18. The molecule has 2 aromatic rings. The largest absolute Gasteiger partial charge is 0.457 e. The van der Waals surface area contributed by atoms with E-state index in [9.17, 15) is 9.18 Å². The third-order valence-electron chi connectivity index (χ3n) is 2.64. The Kier molecular flexibility index (Phi) is 4.62. The van der Waals surface area contributed by atoms with Gasteiger partial charge < -0.3 is 10.5 Å². The summed E-state index contributed by atoms with van der Waals surface area (Å²) in [4.78, 5) is 11.9. The number of halogens is 3. The van der Waals surface area contributed by atoms with Crippen molar-refractivity contribution in [2.75, 3.05) is 5.73 Å². The van der Waals surface area contributed by atoms with Crippen molar-refractivity contribution in [3.63, 3.8) is 0 Å². The second-order valence-electron chi connectivity index (χ2n) is 4.01. The first kappa shape index (κ1) is 14.8. The van der Waals surface area contributed by atoms with E-state index in [0.717, 1.165) is 0 Å². The summed E-state index contributed by atoms with van der Waals surface area (Å²) >= 11 is 9.09. The number of esters is 1. The third-order valence-corrected chi connectivity index (χ3v) is 3.74. The van der Waals surface area contributed by atoms with Gasteiger partial charge in [-0.3, -0.25) is 0 Å². The van der Waals surface area contributed by atoms with E-state index in [-0.39, 0.29) is 22.9 Å². The van der Waals surface area contributed by atoms with E-state index in [0.29, 0.717) is 10.0 Å². The molecule has 0 aromatic heterocycles. The van der Waals surface area contributed by atoms with E-state index in [4.69, 9.17) is 22.1 Å². The Morgan fingerprint density at radius 3 is 2.85 bits per heavy atom. The fourth-order valence-electron chi connectivity index (χ4n) is 1.59. The first-order valence-electron chi connectivity index (χ1n) is 5.64. The second-order valence-corrected chi connectivity index (χ2v) is 5.27. The molecule has 0 saturated carbocycles. The topological polar surface area (TPSA) is 52.3 Å². The van der Waals surface area contributed by atoms with E-state index >= 15 is 0 Å². The third kappa shape index (κ3) is 3.29. The van der Waals surface area contributed by atoms with E-state index in [1.54, 1.807) is 18.2 Å². The lowest BCUT2D eigenvalue weighted by Gasteiger charge is -2.09. The molecular formula is C14H10BrClFNO2. The van der Waals surface area contributed by atoms with Crippen molar-refractivity contribution < 1.29 is 13.9 Å². The molecule has 2 rings (SSSR count). The Balaban J connectivity index is 2.13. The smallest absolute Gasteiger partial charge is 0.340 e. The molecular weight excluding hydrogens is 349 g/mol. The van der Waals surface area contributed by atoms with E-state index < -0.39 is 11.8 Å². The molecule has 2 aromatic carbocycles. The molecule has 0 amide bonds. The summed E-state index contributed by atoms with van der Waals surface area (Å²) in [7, 11) is 0. The number of carbonyl (C=O) groups is 1. The van der Waals surface area contributed by atoms with E-state index in [2.05, 4.69) is 15.9 Å². The summed E-state index contributed by atoms with van der Waals surface area (Å²) < 4.78 is 18.9. The minimum absolute atomic E-state index is 0.0663. The van der Waals surface area contributed by atoms with Crippen LogP contribution in [0.2, 0.25) is 5.02 Å². The number of benzene rings is 2. The van der Waals surface area contributed by atoms with Crippen molar-refractivity contribution in [2.24, 2.45) is 0 Å². The summed E-state index contributed by atoms with van der Waals surface area (Å²) in [5.41, 5.74) is 6.58. The molecule has 0 bridgehead atoms. The minimum atomic E-state index is -0.610. The number of carbonyl (C=O) groups excluding carboxylic acids is 1. The molecule has 0 fully saturated rings. The molecule has 104 valence electrons. The SMILES string of the molecule is Nc1c(Cl)cccc1C(=O)OCc1cc(F)ccc1Br. The van der Waals surface area contributed by atoms with Gasteiger partial charge in [0.15, 0.2) is 0 Å². The summed E-state index contributed by atoms with van der Waals surface area (Å²) in [5, 5.41) is 0.284. The molecule has 0 heterocycles. The summed E-state index contributed by atoms with van der Waals surface area (Å²) in [5.74, 6) is -1.01. The quantitative estimate of drug-likeness (QED) is 0.661. The van der Waals surface area contributed by atoms with Crippen molar-refractivity contribution >= 4 is 39.2 Å². The van der Waals surface area contributed by atoms with Gasteiger partial charge in [0.05, 0.1) is 16.3 Å². The molecule has 6 heteroatoms. The highest BCUT2D eigenvalue weighted by atomic mass is 79.9. The minimum Gasteiger partial charge on any atom is -0.457 e. The second kappa shape index (κ2) is 6.24. The average molecular weight is 359 g/mol. The van der Waals surface area contributed by atoms with Crippen LogP contribution < -0.4 is 5.73 Å². The molecule has 3 nitrogen and oxygen atoms in total. The fourth-order valence-corrected chi connectivity index (χ4v) is 2.13. The zero-order chi connectivity index (χ0) is 14.7.